The zero-order valence-electron chi connectivity index (χ0n) is 14.5. The van der Waals surface area contributed by atoms with Crippen molar-refractivity contribution in [2.75, 3.05) is 5.75 Å². The maximum absolute atomic E-state index is 12.5. The normalized spacial score (nSPS) is 13.0. The van der Waals surface area contributed by atoms with E-state index in [0.29, 0.717) is 10.5 Å². The van der Waals surface area contributed by atoms with Gasteiger partial charge in [0.15, 0.2) is 0 Å². The standard InChI is InChI=1S/C20H19N3O3S/c21-19(24)18(10-11-27(26)16-7-2-1-3-8-16)23-20(25)15-12-14-6-4-5-9-17(14)22-13-15/h1-9,12-13,18H,10-11H2,(H2,21,24)(H,23,25)/t18-,27-/m1/s1. The molecule has 3 aromatic rings. The van der Waals surface area contributed by atoms with Gasteiger partial charge in [-0.2, -0.15) is 0 Å². The summed E-state index contributed by atoms with van der Waals surface area (Å²) in [6, 6.07) is 17.2. The lowest BCUT2D eigenvalue weighted by Gasteiger charge is -2.15. The average molecular weight is 381 g/mol. The minimum atomic E-state index is -1.27. The molecule has 0 radical (unpaired) electrons. The van der Waals surface area contributed by atoms with Gasteiger partial charge in [-0.3, -0.25) is 18.8 Å². The number of primary amides is 1. The molecule has 3 N–H and O–H groups in total. The van der Waals surface area contributed by atoms with E-state index in [1.165, 1.54) is 6.20 Å². The van der Waals surface area contributed by atoms with Gasteiger partial charge in [-0.05, 0) is 30.7 Å². The van der Waals surface area contributed by atoms with E-state index >= 15 is 0 Å². The molecule has 27 heavy (non-hydrogen) atoms. The van der Waals surface area contributed by atoms with Crippen LogP contribution in [0.5, 0.6) is 0 Å². The van der Waals surface area contributed by atoms with Crippen LogP contribution in [0.2, 0.25) is 0 Å². The first kappa shape index (κ1) is 18.7. The van der Waals surface area contributed by atoms with Gasteiger partial charge in [-0.1, -0.05) is 36.4 Å². The van der Waals surface area contributed by atoms with Crippen LogP contribution >= 0.6 is 0 Å². The number of benzene rings is 2. The van der Waals surface area contributed by atoms with Gasteiger partial charge in [0.2, 0.25) is 5.91 Å². The van der Waals surface area contributed by atoms with Crippen molar-refractivity contribution in [1.29, 1.82) is 0 Å². The van der Waals surface area contributed by atoms with E-state index < -0.39 is 28.7 Å². The van der Waals surface area contributed by atoms with Gasteiger partial charge < -0.3 is 11.1 Å². The summed E-state index contributed by atoms with van der Waals surface area (Å²) < 4.78 is 12.3. The number of nitrogens with two attached hydrogens (primary N) is 1. The number of para-hydroxylation sites is 1. The number of hydrogen-bond donors (Lipinski definition) is 2. The van der Waals surface area contributed by atoms with E-state index in [1.54, 1.807) is 30.3 Å². The summed E-state index contributed by atoms with van der Waals surface area (Å²) in [6.45, 7) is 0. The molecule has 0 unspecified atom stereocenters. The molecule has 1 aromatic heterocycles. The fourth-order valence-corrected chi connectivity index (χ4v) is 3.78. The van der Waals surface area contributed by atoms with Gasteiger partial charge >= 0.3 is 0 Å². The lowest BCUT2D eigenvalue weighted by molar-refractivity contribution is -0.119. The fraction of sp³-hybridized carbons (Fsp3) is 0.150. The third kappa shape index (κ3) is 4.77. The molecule has 0 saturated heterocycles. The molecular weight excluding hydrogens is 362 g/mol. The van der Waals surface area contributed by atoms with Gasteiger partial charge in [0.1, 0.15) is 6.04 Å². The zero-order valence-corrected chi connectivity index (χ0v) is 15.3. The second-order valence-electron chi connectivity index (χ2n) is 6.00. The van der Waals surface area contributed by atoms with Gasteiger partial charge in [-0.15, -0.1) is 0 Å². The molecule has 2 amide bonds. The lowest BCUT2D eigenvalue weighted by atomic mass is 10.1. The second kappa shape index (κ2) is 8.55. The minimum Gasteiger partial charge on any atom is -0.368 e. The number of aromatic nitrogens is 1. The summed E-state index contributed by atoms with van der Waals surface area (Å²) in [4.78, 5) is 29.1. The Balaban J connectivity index is 1.67. The maximum atomic E-state index is 12.5. The predicted molar refractivity (Wildman–Crippen MR) is 105 cm³/mol. The number of nitrogens with zero attached hydrogens (tertiary/aromatic N) is 1. The molecule has 0 bridgehead atoms. The van der Waals surface area contributed by atoms with Crippen LogP contribution in [-0.4, -0.2) is 32.8 Å². The Morgan fingerprint density at radius 1 is 1.07 bits per heavy atom. The molecule has 0 aliphatic rings. The van der Waals surface area contributed by atoms with Crippen molar-refractivity contribution >= 4 is 33.5 Å². The first-order valence-electron chi connectivity index (χ1n) is 8.43. The first-order chi connectivity index (χ1) is 13.0. The number of amides is 2. The van der Waals surface area contributed by atoms with Crippen LogP contribution in [-0.2, 0) is 15.6 Å². The molecule has 0 saturated carbocycles. The molecule has 1 heterocycles. The topological polar surface area (TPSA) is 102 Å². The van der Waals surface area contributed by atoms with E-state index in [1.807, 2.05) is 30.3 Å². The first-order valence-corrected chi connectivity index (χ1v) is 9.75. The van der Waals surface area contributed by atoms with Gasteiger partial charge in [0.05, 0.1) is 21.9 Å². The number of carbonyl (C=O) groups is 2. The third-order valence-corrected chi connectivity index (χ3v) is 5.50. The van der Waals surface area contributed by atoms with Crippen molar-refractivity contribution in [3.63, 3.8) is 0 Å². The van der Waals surface area contributed by atoms with Crippen LogP contribution in [0, 0.1) is 0 Å². The van der Waals surface area contributed by atoms with Crippen molar-refractivity contribution in [2.45, 2.75) is 17.4 Å². The number of carbonyl (C=O) groups excluding carboxylic acids is 2. The number of rotatable bonds is 7. The molecule has 0 aliphatic carbocycles. The Hall–Kier alpha value is -3.06. The van der Waals surface area contributed by atoms with Crippen LogP contribution in [0.4, 0.5) is 0 Å². The molecule has 7 heteroatoms. The molecule has 2 aromatic carbocycles. The molecular formula is C20H19N3O3S. The van der Waals surface area contributed by atoms with Crippen molar-refractivity contribution < 1.29 is 13.8 Å². The predicted octanol–water partition coefficient (Wildman–Crippen LogP) is 2.02. The van der Waals surface area contributed by atoms with Crippen molar-refractivity contribution in [3.05, 3.63) is 72.4 Å². The Labute approximate surface area is 159 Å². The summed E-state index contributed by atoms with van der Waals surface area (Å²) >= 11 is 0. The van der Waals surface area contributed by atoms with E-state index in [4.69, 9.17) is 5.73 Å². The van der Waals surface area contributed by atoms with Crippen LogP contribution in [0.3, 0.4) is 0 Å². The SMILES string of the molecule is NC(=O)[C@@H](CC[S@@](=O)c1ccccc1)NC(=O)c1cnc2ccccc2c1. The lowest BCUT2D eigenvalue weighted by Crippen LogP contribution is -2.45. The van der Waals surface area contributed by atoms with Crippen LogP contribution in [0.1, 0.15) is 16.8 Å². The Bertz CT molecular complexity index is 992. The Kier molecular flexibility index (Phi) is 5.93. The van der Waals surface area contributed by atoms with Crippen LogP contribution < -0.4 is 11.1 Å². The van der Waals surface area contributed by atoms with Gasteiger partial charge in [-0.25, -0.2) is 0 Å². The number of fused-ring (bicyclic) bond motifs is 1. The fourth-order valence-electron chi connectivity index (χ4n) is 2.64. The summed E-state index contributed by atoms with van der Waals surface area (Å²) in [6.07, 6.45) is 1.64. The van der Waals surface area contributed by atoms with Crippen LogP contribution in [0.15, 0.2) is 71.8 Å². The molecule has 2 atom stereocenters. The monoisotopic (exact) mass is 381 g/mol. The Morgan fingerprint density at radius 3 is 2.52 bits per heavy atom. The molecule has 0 spiro atoms. The quantitative estimate of drug-likeness (QED) is 0.653. The smallest absolute Gasteiger partial charge is 0.253 e. The minimum absolute atomic E-state index is 0.184. The zero-order chi connectivity index (χ0) is 19.2. The Morgan fingerprint density at radius 2 is 1.78 bits per heavy atom. The number of nitrogens with one attached hydrogen (secondary N) is 1. The van der Waals surface area contributed by atoms with Crippen LogP contribution in [0.25, 0.3) is 10.9 Å². The number of pyridine rings is 1. The van der Waals surface area contributed by atoms with Crippen molar-refractivity contribution in [2.24, 2.45) is 5.73 Å². The summed E-state index contributed by atoms with van der Waals surface area (Å²) in [5.41, 5.74) is 6.52. The van der Waals surface area contributed by atoms with Gasteiger partial charge in [0, 0.05) is 22.2 Å². The molecule has 3 rings (SSSR count). The summed E-state index contributed by atoms with van der Waals surface area (Å²) in [5.74, 6) is -0.891. The van der Waals surface area contributed by atoms with Crippen molar-refractivity contribution in [1.82, 2.24) is 10.3 Å². The highest BCUT2D eigenvalue weighted by atomic mass is 32.2. The summed E-state index contributed by atoms with van der Waals surface area (Å²) in [5, 5.41) is 3.44. The third-order valence-electron chi connectivity index (χ3n) is 4.10. The average Bonchev–Trinajstić information content (AvgIpc) is 2.70. The highest BCUT2D eigenvalue weighted by Gasteiger charge is 2.20. The molecule has 138 valence electrons. The second-order valence-corrected chi connectivity index (χ2v) is 7.57. The van der Waals surface area contributed by atoms with E-state index in [-0.39, 0.29) is 12.2 Å². The maximum Gasteiger partial charge on any atom is 0.253 e. The van der Waals surface area contributed by atoms with Crippen molar-refractivity contribution in [3.8, 4) is 0 Å². The highest BCUT2D eigenvalue weighted by molar-refractivity contribution is 7.85. The molecule has 0 aliphatic heterocycles. The number of hydrogen-bond acceptors (Lipinski definition) is 4. The van der Waals surface area contributed by atoms with Gasteiger partial charge in [0.25, 0.3) is 5.91 Å². The molecule has 0 fully saturated rings. The largest absolute Gasteiger partial charge is 0.368 e. The van der Waals surface area contributed by atoms with E-state index in [9.17, 15) is 13.8 Å². The summed E-state index contributed by atoms with van der Waals surface area (Å²) in [7, 11) is -1.27. The van der Waals surface area contributed by atoms with E-state index in [2.05, 4.69) is 10.3 Å². The van der Waals surface area contributed by atoms with E-state index in [0.717, 1.165) is 10.9 Å². The molecule has 6 nitrogen and oxygen atoms in total. The highest BCUT2D eigenvalue weighted by Crippen LogP contribution is 2.13.